The first-order chi connectivity index (χ1) is 12.7. The lowest BCUT2D eigenvalue weighted by Gasteiger charge is -2.15. The zero-order chi connectivity index (χ0) is 17.9. The molecule has 0 radical (unpaired) electrons. The second kappa shape index (κ2) is 7.20. The maximum atomic E-state index is 10.6. The first-order valence-electron chi connectivity index (χ1n) is 8.91. The van der Waals surface area contributed by atoms with Crippen molar-refractivity contribution in [1.82, 2.24) is 9.88 Å². The van der Waals surface area contributed by atoms with E-state index in [4.69, 9.17) is 5.73 Å². The van der Waals surface area contributed by atoms with E-state index in [1.54, 1.807) is 0 Å². The van der Waals surface area contributed by atoms with Gasteiger partial charge in [-0.1, -0.05) is 48.5 Å². The van der Waals surface area contributed by atoms with Gasteiger partial charge in [0.15, 0.2) is 0 Å². The Morgan fingerprint density at radius 1 is 0.846 bits per heavy atom. The Morgan fingerprint density at radius 3 is 2.04 bits per heavy atom. The van der Waals surface area contributed by atoms with Gasteiger partial charge in [-0.25, -0.2) is 0 Å². The molecule has 26 heavy (non-hydrogen) atoms. The first-order valence-corrected chi connectivity index (χ1v) is 8.91. The predicted molar refractivity (Wildman–Crippen MR) is 108 cm³/mol. The molecule has 4 heteroatoms. The highest BCUT2D eigenvalue weighted by atomic mass is 16.3. The number of hydrogen-bond acceptors (Lipinski definition) is 3. The van der Waals surface area contributed by atoms with Crippen LogP contribution in [0, 0.1) is 0 Å². The van der Waals surface area contributed by atoms with Crippen LogP contribution in [-0.2, 0) is 13.1 Å². The second-order valence-corrected chi connectivity index (χ2v) is 6.67. The SMILES string of the molecule is Nc1ccc(CNCC(O)Cn2c3ccccc3c3ccccc32)cc1. The molecule has 0 aliphatic rings. The average Bonchev–Trinajstić information content (AvgIpc) is 2.98. The van der Waals surface area contributed by atoms with E-state index in [1.165, 1.54) is 10.8 Å². The van der Waals surface area contributed by atoms with Crippen molar-refractivity contribution in [1.29, 1.82) is 0 Å². The quantitative estimate of drug-likeness (QED) is 0.469. The molecule has 0 saturated heterocycles. The van der Waals surface area contributed by atoms with E-state index in [0.717, 1.165) is 22.3 Å². The van der Waals surface area contributed by atoms with Crippen LogP contribution < -0.4 is 11.1 Å². The number of nitrogens with one attached hydrogen (secondary N) is 1. The standard InChI is InChI=1S/C22H23N3O/c23-17-11-9-16(10-12-17)13-24-14-18(26)15-25-21-7-3-1-5-19(21)20-6-2-4-8-22(20)25/h1-12,18,24,26H,13-15,23H2. The van der Waals surface area contributed by atoms with Crippen molar-refractivity contribution >= 4 is 27.5 Å². The molecule has 0 spiro atoms. The van der Waals surface area contributed by atoms with Gasteiger partial charge in [0.1, 0.15) is 0 Å². The number of nitrogens with two attached hydrogens (primary N) is 1. The zero-order valence-corrected chi connectivity index (χ0v) is 14.6. The molecule has 4 N–H and O–H groups in total. The lowest BCUT2D eigenvalue weighted by atomic mass is 10.2. The number of aliphatic hydroxyl groups is 1. The number of fused-ring (bicyclic) bond motifs is 3. The van der Waals surface area contributed by atoms with E-state index in [9.17, 15) is 5.11 Å². The fourth-order valence-corrected chi connectivity index (χ4v) is 3.49. The number of nitrogen functional groups attached to an aromatic ring is 1. The van der Waals surface area contributed by atoms with Gasteiger partial charge in [-0.15, -0.1) is 0 Å². The van der Waals surface area contributed by atoms with Crippen molar-refractivity contribution in [2.75, 3.05) is 12.3 Å². The number of anilines is 1. The highest BCUT2D eigenvalue weighted by Gasteiger charge is 2.13. The molecule has 4 rings (SSSR count). The van der Waals surface area contributed by atoms with E-state index in [-0.39, 0.29) is 0 Å². The van der Waals surface area contributed by atoms with Crippen LogP contribution in [0.5, 0.6) is 0 Å². The largest absolute Gasteiger partial charge is 0.399 e. The lowest BCUT2D eigenvalue weighted by Crippen LogP contribution is -2.29. The summed E-state index contributed by atoms with van der Waals surface area (Å²) in [6, 6.07) is 24.5. The summed E-state index contributed by atoms with van der Waals surface area (Å²) < 4.78 is 2.21. The minimum atomic E-state index is -0.469. The summed E-state index contributed by atoms with van der Waals surface area (Å²) in [5, 5.41) is 16.3. The third-order valence-electron chi connectivity index (χ3n) is 4.76. The van der Waals surface area contributed by atoms with Gasteiger partial charge in [0, 0.05) is 40.6 Å². The molecular formula is C22H23N3O. The molecule has 3 aromatic carbocycles. The number of aliphatic hydroxyl groups excluding tert-OH is 1. The number of nitrogens with zero attached hydrogens (tertiary/aromatic N) is 1. The summed E-state index contributed by atoms with van der Waals surface area (Å²) in [7, 11) is 0. The summed E-state index contributed by atoms with van der Waals surface area (Å²) in [6.45, 7) is 1.80. The molecule has 4 aromatic rings. The van der Waals surface area contributed by atoms with Gasteiger partial charge in [-0.05, 0) is 29.8 Å². The molecule has 132 valence electrons. The Kier molecular flexibility index (Phi) is 4.61. The Labute approximate surface area is 152 Å². The molecule has 1 atom stereocenters. The molecule has 0 fully saturated rings. The number of rotatable bonds is 6. The molecule has 0 amide bonds. The lowest BCUT2D eigenvalue weighted by molar-refractivity contribution is 0.154. The van der Waals surface area contributed by atoms with Crippen molar-refractivity contribution in [2.24, 2.45) is 0 Å². The fourth-order valence-electron chi connectivity index (χ4n) is 3.49. The normalized spacial score (nSPS) is 12.7. The summed E-state index contributed by atoms with van der Waals surface area (Å²) in [4.78, 5) is 0. The monoisotopic (exact) mass is 345 g/mol. The van der Waals surface area contributed by atoms with E-state index >= 15 is 0 Å². The van der Waals surface area contributed by atoms with E-state index in [1.807, 2.05) is 36.4 Å². The van der Waals surface area contributed by atoms with E-state index in [0.29, 0.717) is 19.6 Å². The predicted octanol–water partition coefficient (Wildman–Crippen LogP) is 3.53. The zero-order valence-electron chi connectivity index (χ0n) is 14.6. The van der Waals surface area contributed by atoms with Gasteiger partial charge in [0.2, 0.25) is 0 Å². The molecule has 0 bridgehead atoms. The van der Waals surface area contributed by atoms with Crippen LogP contribution in [0.2, 0.25) is 0 Å². The van der Waals surface area contributed by atoms with Gasteiger partial charge < -0.3 is 20.7 Å². The van der Waals surface area contributed by atoms with Gasteiger partial charge >= 0.3 is 0 Å². The Balaban J connectivity index is 1.48. The number of para-hydroxylation sites is 2. The van der Waals surface area contributed by atoms with Crippen LogP contribution in [0.15, 0.2) is 72.8 Å². The second-order valence-electron chi connectivity index (χ2n) is 6.67. The molecule has 1 unspecified atom stereocenters. The minimum absolute atomic E-state index is 0.469. The summed E-state index contributed by atoms with van der Waals surface area (Å²) in [5.74, 6) is 0. The van der Waals surface area contributed by atoms with Crippen LogP contribution in [0.3, 0.4) is 0 Å². The van der Waals surface area contributed by atoms with Gasteiger partial charge in [0.25, 0.3) is 0 Å². The molecule has 1 heterocycles. The molecule has 4 nitrogen and oxygen atoms in total. The smallest absolute Gasteiger partial charge is 0.0843 e. The van der Waals surface area contributed by atoms with Crippen LogP contribution in [0.1, 0.15) is 5.56 Å². The van der Waals surface area contributed by atoms with Gasteiger partial charge in [-0.2, -0.15) is 0 Å². The molecule has 0 aliphatic carbocycles. The van der Waals surface area contributed by atoms with Crippen LogP contribution >= 0.6 is 0 Å². The number of aromatic nitrogens is 1. The first kappa shape index (κ1) is 16.6. The fraction of sp³-hybridized carbons (Fsp3) is 0.182. The van der Waals surface area contributed by atoms with Crippen molar-refractivity contribution in [3.05, 3.63) is 78.4 Å². The van der Waals surface area contributed by atoms with Gasteiger partial charge in [-0.3, -0.25) is 0 Å². The van der Waals surface area contributed by atoms with Crippen molar-refractivity contribution in [3.63, 3.8) is 0 Å². The summed E-state index contributed by atoms with van der Waals surface area (Å²) >= 11 is 0. The molecule has 0 saturated carbocycles. The maximum absolute atomic E-state index is 10.6. The number of hydrogen-bond donors (Lipinski definition) is 3. The maximum Gasteiger partial charge on any atom is 0.0843 e. The Hall–Kier alpha value is -2.82. The average molecular weight is 345 g/mol. The third-order valence-corrected chi connectivity index (χ3v) is 4.76. The minimum Gasteiger partial charge on any atom is -0.399 e. The van der Waals surface area contributed by atoms with Gasteiger partial charge in [0.05, 0.1) is 12.6 Å². The molecule has 1 aromatic heterocycles. The summed E-state index contributed by atoms with van der Waals surface area (Å²) in [5.41, 5.74) is 9.94. The Bertz CT molecular complexity index is 967. The van der Waals surface area contributed by atoms with E-state index < -0.39 is 6.10 Å². The van der Waals surface area contributed by atoms with E-state index in [2.05, 4.69) is 46.3 Å². The highest BCUT2D eigenvalue weighted by Crippen LogP contribution is 2.28. The highest BCUT2D eigenvalue weighted by molar-refractivity contribution is 6.07. The number of benzene rings is 3. The van der Waals surface area contributed by atoms with Crippen molar-refractivity contribution < 1.29 is 5.11 Å². The van der Waals surface area contributed by atoms with Crippen LogP contribution in [0.25, 0.3) is 21.8 Å². The third kappa shape index (κ3) is 3.29. The van der Waals surface area contributed by atoms with Crippen LogP contribution in [-0.4, -0.2) is 22.3 Å². The molecule has 0 aliphatic heterocycles. The molecular weight excluding hydrogens is 322 g/mol. The van der Waals surface area contributed by atoms with Crippen molar-refractivity contribution in [3.8, 4) is 0 Å². The van der Waals surface area contributed by atoms with Crippen molar-refractivity contribution in [2.45, 2.75) is 19.2 Å². The summed E-state index contributed by atoms with van der Waals surface area (Å²) in [6.07, 6.45) is -0.469. The van der Waals surface area contributed by atoms with Crippen LogP contribution in [0.4, 0.5) is 5.69 Å². The topological polar surface area (TPSA) is 63.2 Å². The Morgan fingerprint density at radius 2 is 1.42 bits per heavy atom.